The summed E-state index contributed by atoms with van der Waals surface area (Å²) in [4.78, 5) is 39.6. The van der Waals surface area contributed by atoms with E-state index in [4.69, 9.17) is 0 Å². The summed E-state index contributed by atoms with van der Waals surface area (Å²) in [6.45, 7) is 0.917. The van der Waals surface area contributed by atoms with E-state index in [1.54, 1.807) is 0 Å². The minimum Gasteiger partial charge on any atom is -0.480 e. The average Bonchev–Trinajstić information content (AvgIpc) is 3.25. The molecule has 2 N–H and O–H groups in total. The minimum atomic E-state index is -1.05. The maximum Gasteiger partial charge on any atom is 0.326 e. The number of halogens is 1. The molecule has 0 unspecified atom stereocenters. The molecule has 2 saturated heterocycles. The summed E-state index contributed by atoms with van der Waals surface area (Å²) in [5, 5.41) is 12.3. The highest BCUT2D eigenvalue weighted by Gasteiger charge is 2.48. The van der Waals surface area contributed by atoms with Crippen molar-refractivity contribution >= 4 is 23.6 Å². The lowest BCUT2D eigenvalue weighted by atomic mass is 9.84. The number of carboxylic acid groups (broad SMARTS) is 1. The zero-order valence-electron chi connectivity index (χ0n) is 14.9. The van der Waals surface area contributed by atoms with E-state index in [9.17, 15) is 23.9 Å². The van der Waals surface area contributed by atoms with Gasteiger partial charge in [-0.25, -0.2) is 14.0 Å². The molecule has 3 atom stereocenters. The van der Waals surface area contributed by atoms with Gasteiger partial charge in [-0.05, 0) is 43.4 Å². The maximum absolute atomic E-state index is 14.5. The second-order valence-electron chi connectivity index (χ2n) is 7.46. The number of rotatable bonds is 3. The Bertz CT molecular complexity index is 799. The summed E-state index contributed by atoms with van der Waals surface area (Å²) < 4.78 is 14.5. The molecule has 0 radical (unpaired) electrons. The second-order valence-corrected chi connectivity index (χ2v) is 7.46. The van der Waals surface area contributed by atoms with E-state index in [-0.39, 0.29) is 23.6 Å². The first kappa shape index (κ1) is 17.8. The number of amides is 3. The number of nitrogens with one attached hydrogen (secondary N) is 1. The molecule has 2 heterocycles. The first-order chi connectivity index (χ1) is 13.0. The van der Waals surface area contributed by atoms with Gasteiger partial charge in [0, 0.05) is 24.8 Å². The van der Waals surface area contributed by atoms with Gasteiger partial charge in [-0.15, -0.1) is 0 Å². The number of urea groups is 1. The van der Waals surface area contributed by atoms with Crippen LogP contribution < -0.4 is 10.2 Å². The van der Waals surface area contributed by atoms with Crippen molar-refractivity contribution in [3.63, 3.8) is 0 Å². The summed E-state index contributed by atoms with van der Waals surface area (Å²) in [7, 11) is 0. The van der Waals surface area contributed by atoms with Crippen molar-refractivity contribution in [2.45, 2.75) is 44.2 Å². The number of anilines is 1. The largest absolute Gasteiger partial charge is 0.480 e. The van der Waals surface area contributed by atoms with Crippen molar-refractivity contribution in [1.82, 2.24) is 10.2 Å². The maximum atomic E-state index is 14.5. The molecule has 144 valence electrons. The van der Waals surface area contributed by atoms with Crippen LogP contribution >= 0.6 is 0 Å². The van der Waals surface area contributed by atoms with Crippen molar-refractivity contribution in [3.05, 3.63) is 29.6 Å². The van der Waals surface area contributed by atoms with Crippen LogP contribution in [0.2, 0.25) is 0 Å². The molecule has 2 aliphatic heterocycles. The van der Waals surface area contributed by atoms with Crippen LogP contribution in [-0.4, -0.2) is 53.1 Å². The van der Waals surface area contributed by atoms with E-state index >= 15 is 0 Å². The number of nitrogens with zero attached hydrogens (tertiary/aromatic N) is 2. The number of carbonyl (C=O) groups is 3. The highest BCUT2D eigenvalue weighted by atomic mass is 19.1. The van der Waals surface area contributed by atoms with E-state index in [1.807, 2.05) is 0 Å². The van der Waals surface area contributed by atoms with Crippen LogP contribution in [0.25, 0.3) is 0 Å². The molecule has 1 aromatic carbocycles. The number of carboxylic acids is 1. The van der Waals surface area contributed by atoms with Gasteiger partial charge in [-0.3, -0.25) is 9.69 Å². The molecule has 0 spiro atoms. The standard InChI is InChI=1S/C19H22FN3O4/c20-14-6-5-12(22-8-7-21-19(22)27)10-13(14)17(24)23-15-4-2-1-3-11(15)9-16(23)18(25)26/h5-6,10-11,15-16H,1-4,7-9H2,(H,21,27)(H,25,26)/t11-,15+,16+/m1/s1. The molecule has 0 aromatic heterocycles. The molecule has 1 aliphatic carbocycles. The second kappa shape index (κ2) is 6.83. The molecule has 1 aromatic rings. The zero-order chi connectivity index (χ0) is 19.1. The highest BCUT2D eigenvalue weighted by molar-refractivity contribution is 6.00. The van der Waals surface area contributed by atoms with Gasteiger partial charge in [-0.1, -0.05) is 12.8 Å². The fraction of sp³-hybridized carbons (Fsp3) is 0.526. The molecule has 3 amide bonds. The Morgan fingerprint density at radius 2 is 2.00 bits per heavy atom. The number of aliphatic carboxylic acids is 1. The summed E-state index contributed by atoms with van der Waals surface area (Å²) in [6.07, 6.45) is 4.03. The quantitative estimate of drug-likeness (QED) is 0.848. The topological polar surface area (TPSA) is 89.9 Å². The lowest BCUT2D eigenvalue weighted by molar-refractivity contribution is -0.141. The number of fused-ring (bicyclic) bond motifs is 1. The Hall–Kier alpha value is -2.64. The normalized spacial score (nSPS) is 27.4. The molecule has 3 fully saturated rings. The van der Waals surface area contributed by atoms with Crippen LogP contribution in [-0.2, 0) is 4.79 Å². The Kier molecular flexibility index (Phi) is 4.49. The SMILES string of the molecule is O=C(O)[C@@H]1C[C@H]2CCCC[C@@H]2N1C(=O)c1cc(N2CCNC2=O)ccc1F. The number of carbonyl (C=O) groups excluding carboxylic acids is 2. The molecule has 0 bridgehead atoms. The van der Waals surface area contributed by atoms with Crippen LogP contribution in [0.5, 0.6) is 0 Å². The predicted molar refractivity (Wildman–Crippen MR) is 95.1 cm³/mol. The van der Waals surface area contributed by atoms with E-state index in [1.165, 1.54) is 28.0 Å². The third-order valence-corrected chi connectivity index (χ3v) is 5.96. The highest BCUT2D eigenvalue weighted by Crippen LogP contribution is 2.41. The monoisotopic (exact) mass is 375 g/mol. The summed E-state index contributed by atoms with van der Waals surface area (Å²) >= 11 is 0. The minimum absolute atomic E-state index is 0.152. The number of benzene rings is 1. The molecule has 1 saturated carbocycles. The van der Waals surface area contributed by atoms with Crippen LogP contribution in [0, 0.1) is 11.7 Å². The Morgan fingerprint density at radius 3 is 2.70 bits per heavy atom. The van der Waals surface area contributed by atoms with Gasteiger partial charge in [0.1, 0.15) is 11.9 Å². The van der Waals surface area contributed by atoms with Crippen LogP contribution in [0.15, 0.2) is 18.2 Å². The molecule has 3 aliphatic rings. The molecule has 27 heavy (non-hydrogen) atoms. The Balaban J connectivity index is 1.68. The predicted octanol–water partition coefficient (Wildman–Crippen LogP) is 2.21. The molecular formula is C19H22FN3O4. The van der Waals surface area contributed by atoms with Gasteiger partial charge >= 0.3 is 12.0 Å². The molecule has 4 rings (SSSR count). The van der Waals surface area contributed by atoms with E-state index in [0.29, 0.717) is 25.2 Å². The van der Waals surface area contributed by atoms with Crippen LogP contribution in [0.4, 0.5) is 14.9 Å². The first-order valence-electron chi connectivity index (χ1n) is 9.37. The third kappa shape index (κ3) is 3.02. The fourth-order valence-corrected chi connectivity index (χ4v) is 4.67. The van der Waals surface area contributed by atoms with Gasteiger partial charge in [0.05, 0.1) is 5.56 Å². The summed E-state index contributed by atoms with van der Waals surface area (Å²) in [6, 6.07) is 2.60. The van der Waals surface area contributed by atoms with Gasteiger partial charge < -0.3 is 15.3 Å². The lowest BCUT2D eigenvalue weighted by Crippen LogP contribution is -2.46. The van der Waals surface area contributed by atoms with Crippen molar-refractivity contribution in [2.24, 2.45) is 5.92 Å². The lowest BCUT2D eigenvalue weighted by Gasteiger charge is -2.33. The summed E-state index contributed by atoms with van der Waals surface area (Å²) in [5.74, 6) is -2.20. The Labute approximate surface area is 156 Å². The number of likely N-dealkylation sites (tertiary alicyclic amines) is 1. The third-order valence-electron chi connectivity index (χ3n) is 5.96. The van der Waals surface area contributed by atoms with Gasteiger partial charge in [-0.2, -0.15) is 0 Å². The van der Waals surface area contributed by atoms with E-state index in [0.717, 1.165) is 25.7 Å². The van der Waals surface area contributed by atoms with Gasteiger partial charge in [0.15, 0.2) is 0 Å². The Morgan fingerprint density at radius 1 is 1.22 bits per heavy atom. The number of hydrogen-bond donors (Lipinski definition) is 2. The van der Waals surface area contributed by atoms with Crippen molar-refractivity contribution in [3.8, 4) is 0 Å². The van der Waals surface area contributed by atoms with Crippen LogP contribution in [0.3, 0.4) is 0 Å². The molecular weight excluding hydrogens is 353 g/mol. The van der Waals surface area contributed by atoms with Crippen LogP contribution in [0.1, 0.15) is 42.5 Å². The number of hydrogen-bond acceptors (Lipinski definition) is 3. The summed E-state index contributed by atoms with van der Waals surface area (Å²) in [5.41, 5.74) is 0.255. The van der Waals surface area contributed by atoms with E-state index < -0.39 is 23.7 Å². The van der Waals surface area contributed by atoms with E-state index in [2.05, 4.69) is 5.32 Å². The van der Waals surface area contributed by atoms with Crippen molar-refractivity contribution < 1.29 is 23.9 Å². The smallest absolute Gasteiger partial charge is 0.326 e. The van der Waals surface area contributed by atoms with Crippen molar-refractivity contribution in [2.75, 3.05) is 18.0 Å². The van der Waals surface area contributed by atoms with Gasteiger partial charge in [0.2, 0.25) is 0 Å². The first-order valence-corrected chi connectivity index (χ1v) is 9.37. The van der Waals surface area contributed by atoms with Crippen molar-refractivity contribution in [1.29, 1.82) is 0 Å². The zero-order valence-corrected chi connectivity index (χ0v) is 14.9. The molecule has 8 heteroatoms. The fourth-order valence-electron chi connectivity index (χ4n) is 4.67. The van der Waals surface area contributed by atoms with Gasteiger partial charge in [0.25, 0.3) is 5.91 Å². The average molecular weight is 375 g/mol. The molecule has 7 nitrogen and oxygen atoms in total.